The van der Waals surface area contributed by atoms with Crippen molar-refractivity contribution < 1.29 is 9.47 Å². The maximum atomic E-state index is 5.14. The number of nitrogens with one attached hydrogen (secondary N) is 1. The smallest absolute Gasteiger partial charge is 0.0615 e. The Kier molecular flexibility index (Phi) is 11.2. The summed E-state index contributed by atoms with van der Waals surface area (Å²) in [6.45, 7) is 6.97. The molecule has 16 heavy (non-hydrogen) atoms. The molecule has 98 valence electrons. The molecule has 0 radical (unpaired) electrons. The summed E-state index contributed by atoms with van der Waals surface area (Å²) in [5.41, 5.74) is 0. The molecule has 0 bridgehead atoms. The molecule has 0 amide bonds. The summed E-state index contributed by atoms with van der Waals surface area (Å²) < 4.78 is 10.2. The Hall–Kier alpha value is -0.160. The molecular weight excluding hydrogens is 204 g/mol. The number of ether oxygens (including phenoxy) is 2. The molecule has 0 aliphatic carbocycles. The Morgan fingerprint density at radius 3 is 2.50 bits per heavy atom. The molecule has 0 saturated carbocycles. The molecule has 4 heteroatoms. The lowest BCUT2D eigenvalue weighted by Crippen LogP contribution is -2.35. The monoisotopic (exact) mass is 232 g/mol. The third kappa shape index (κ3) is 9.09. The van der Waals surface area contributed by atoms with E-state index in [1.54, 1.807) is 14.2 Å². The van der Waals surface area contributed by atoms with Crippen LogP contribution in [0.25, 0.3) is 0 Å². The Balaban J connectivity index is 3.36. The van der Waals surface area contributed by atoms with Crippen LogP contribution in [0.3, 0.4) is 0 Å². The summed E-state index contributed by atoms with van der Waals surface area (Å²) in [5.74, 6) is 0. The fraction of sp³-hybridized carbons (Fsp3) is 1.00. The zero-order valence-electron chi connectivity index (χ0n) is 11.3. The number of hydrogen-bond donors (Lipinski definition) is 1. The van der Waals surface area contributed by atoms with Crippen LogP contribution in [0.15, 0.2) is 0 Å². The molecule has 4 nitrogen and oxygen atoms in total. The van der Waals surface area contributed by atoms with Crippen LogP contribution < -0.4 is 5.32 Å². The van der Waals surface area contributed by atoms with E-state index in [0.29, 0.717) is 6.04 Å². The Morgan fingerprint density at radius 1 is 1.19 bits per heavy atom. The minimum absolute atomic E-state index is 0.495. The van der Waals surface area contributed by atoms with Gasteiger partial charge in [0.05, 0.1) is 13.2 Å². The first-order valence-electron chi connectivity index (χ1n) is 6.14. The van der Waals surface area contributed by atoms with E-state index in [9.17, 15) is 0 Å². The first kappa shape index (κ1) is 15.8. The quantitative estimate of drug-likeness (QED) is 0.538. The van der Waals surface area contributed by atoms with Crippen molar-refractivity contribution in [1.29, 1.82) is 0 Å². The highest BCUT2D eigenvalue weighted by atomic mass is 16.5. The van der Waals surface area contributed by atoms with Crippen LogP contribution in [0, 0.1) is 0 Å². The SMILES string of the molecule is CCC(COC)NCCCN(C)CCOC. The first-order valence-corrected chi connectivity index (χ1v) is 6.14. The van der Waals surface area contributed by atoms with Gasteiger partial charge in [-0.1, -0.05) is 6.92 Å². The van der Waals surface area contributed by atoms with Crippen LogP contribution in [0.5, 0.6) is 0 Å². The summed E-state index contributed by atoms with van der Waals surface area (Å²) in [5, 5.41) is 3.50. The van der Waals surface area contributed by atoms with Gasteiger partial charge in [0.2, 0.25) is 0 Å². The molecule has 1 unspecified atom stereocenters. The average molecular weight is 232 g/mol. The molecule has 0 saturated heterocycles. The van der Waals surface area contributed by atoms with E-state index < -0.39 is 0 Å². The van der Waals surface area contributed by atoms with Crippen LogP contribution in [0.2, 0.25) is 0 Å². The van der Waals surface area contributed by atoms with Gasteiger partial charge in [0.25, 0.3) is 0 Å². The lowest BCUT2D eigenvalue weighted by atomic mass is 10.2. The highest BCUT2D eigenvalue weighted by Crippen LogP contribution is 1.92. The molecule has 0 aromatic carbocycles. The summed E-state index contributed by atoms with van der Waals surface area (Å²) >= 11 is 0. The third-order valence-electron chi connectivity index (χ3n) is 2.69. The number of rotatable bonds is 11. The Morgan fingerprint density at radius 2 is 1.94 bits per heavy atom. The van der Waals surface area contributed by atoms with Crippen molar-refractivity contribution in [3.63, 3.8) is 0 Å². The number of nitrogens with zero attached hydrogens (tertiary/aromatic N) is 1. The minimum atomic E-state index is 0.495. The van der Waals surface area contributed by atoms with Gasteiger partial charge in [-0.3, -0.25) is 0 Å². The lowest BCUT2D eigenvalue weighted by molar-refractivity contribution is 0.156. The van der Waals surface area contributed by atoms with Crippen molar-refractivity contribution in [1.82, 2.24) is 10.2 Å². The van der Waals surface area contributed by atoms with Crippen molar-refractivity contribution in [3.8, 4) is 0 Å². The zero-order chi connectivity index (χ0) is 12.2. The van der Waals surface area contributed by atoms with Gasteiger partial charge in [0.1, 0.15) is 0 Å². The van der Waals surface area contributed by atoms with Gasteiger partial charge >= 0.3 is 0 Å². The third-order valence-corrected chi connectivity index (χ3v) is 2.69. The maximum absolute atomic E-state index is 5.14. The molecule has 0 aromatic heterocycles. The molecule has 0 aliphatic rings. The summed E-state index contributed by atoms with van der Waals surface area (Å²) in [6.07, 6.45) is 2.29. The van der Waals surface area contributed by atoms with Gasteiger partial charge in [-0.15, -0.1) is 0 Å². The van der Waals surface area contributed by atoms with E-state index in [1.165, 1.54) is 6.42 Å². The molecule has 0 fully saturated rings. The fourth-order valence-electron chi connectivity index (χ4n) is 1.54. The van der Waals surface area contributed by atoms with Crippen LogP contribution in [0.4, 0.5) is 0 Å². The fourth-order valence-corrected chi connectivity index (χ4v) is 1.54. The molecule has 0 spiro atoms. The number of hydrogen-bond acceptors (Lipinski definition) is 4. The topological polar surface area (TPSA) is 33.7 Å². The van der Waals surface area contributed by atoms with Crippen molar-refractivity contribution in [2.45, 2.75) is 25.8 Å². The van der Waals surface area contributed by atoms with E-state index in [4.69, 9.17) is 9.47 Å². The van der Waals surface area contributed by atoms with Gasteiger partial charge in [-0.25, -0.2) is 0 Å². The molecule has 0 heterocycles. The molecule has 0 aliphatic heterocycles. The predicted molar refractivity (Wildman–Crippen MR) is 67.9 cm³/mol. The van der Waals surface area contributed by atoms with Gasteiger partial charge in [0.15, 0.2) is 0 Å². The largest absolute Gasteiger partial charge is 0.383 e. The second kappa shape index (κ2) is 11.3. The van der Waals surface area contributed by atoms with E-state index >= 15 is 0 Å². The normalized spacial score (nSPS) is 13.3. The summed E-state index contributed by atoms with van der Waals surface area (Å²) in [7, 11) is 5.63. The van der Waals surface area contributed by atoms with Crippen molar-refractivity contribution in [3.05, 3.63) is 0 Å². The van der Waals surface area contributed by atoms with Crippen LogP contribution in [-0.4, -0.2) is 65.1 Å². The van der Waals surface area contributed by atoms with E-state index in [2.05, 4.69) is 24.2 Å². The second-order valence-corrected chi connectivity index (χ2v) is 4.16. The standard InChI is InChI=1S/C12H28N2O2/c1-5-12(11-16-4)13-7-6-8-14(2)9-10-15-3/h12-13H,5-11H2,1-4H3. The zero-order valence-corrected chi connectivity index (χ0v) is 11.3. The predicted octanol–water partition coefficient (Wildman–Crippen LogP) is 0.969. The summed E-state index contributed by atoms with van der Waals surface area (Å²) in [4.78, 5) is 2.29. The van der Waals surface area contributed by atoms with Crippen LogP contribution in [-0.2, 0) is 9.47 Å². The van der Waals surface area contributed by atoms with Crippen molar-refractivity contribution >= 4 is 0 Å². The Labute approximate surface area is 100 Å². The first-order chi connectivity index (χ1) is 7.74. The minimum Gasteiger partial charge on any atom is -0.383 e. The van der Waals surface area contributed by atoms with Crippen molar-refractivity contribution in [2.24, 2.45) is 0 Å². The molecule has 1 atom stereocenters. The average Bonchev–Trinajstić information content (AvgIpc) is 2.30. The number of likely N-dealkylation sites (N-methyl/N-ethyl adjacent to an activating group) is 1. The summed E-state index contributed by atoms with van der Waals surface area (Å²) in [6, 6.07) is 0.495. The van der Waals surface area contributed by atoms with Crippen molar-refractivity contribution in [2.75, 3.05) is 54.1 Å². The maximum Gasteiger partial charge on any atom is 0.0615 e. The second-order valence-electron chi connectivity index (χ2n) is 4.16. The van der Waals surface area contributed by atoms with Gasteiger partial charge in [0, 0.05) is 26.8 Å². The van der Waals surface area contributed by atoms with Gasteiger partial charge in [-0.05, 0) is 33.0 Å². The Bertz CT molecular complexity index is 145. The molecule has 1 N–H and O–H groups in total. The molecule has 0 aromatic rings. The van der Waals surface area contributed by atoms with Gasteiger partial charge in [-0.2, -0.15) is 0 Å². The van der Waals surface area contributed by atoms with E-state index in [1.807, 2.05) is 0 Å². The lowest BCUT2D eigenvalue weighted by Gasteiger charge is -2.18. The number of methoxy groups -OCH3 is 2. The highest BCUT2D eigenvalue weighted by Gasteiger charge is 2.04. The molecular formula is C12H28N2O2. The van der Waals surface area contributed by atoms with Gasteiger partial charge < -0.3 is 19.7 Å². The highest BCUT2D eigenvalue weighted by molar-refractivity contribution is 4.64. The van der Waals surface area contributed by atoms with E-state index in [-0.39, 0.29) is 0 Å². The van der Waals surface area contributed by atoms with E-state index in [0.717, 1.165) is 39.3 Å². The van der Waals surface area contributed by atoms with Crippen LogP contribution in [0.1, 0.15) is 19.8 Å². The van der Waals surface area contributed by atoms with Crippen LogP contribution >= 0.6 is 0 Å². The molecule has 0 rings (SSSR count).